The second-order valence-electron chi connectivity index (χ2n) is 5.14. The van der Waals surface area contributed by atoms with Crippen molar-refractivity contribution >= 4 is 27.5 Å². The summed E-state index contributed by atoms with van der Waals surface area (Å²) in [5.74, 6) is 0. The molecule has 0 bridgehead atoms. The van der Waals surface area contributed by atoms with Crippen molar-refractivity contribution in [3.63, 3.8) is 0 Å². The molecule has 0 spiro atoms. The Morgan fingerprint density at radius 1 is 1.39 bits per heavy atom. The van der Waals surface area contributed by atoms with Gasteiger partial charge in [0.2, 0.25) is 0 Å². The van der Waals surface area contributed by atoms with E-state index in [0.717, 1.165) is 22.1 Å². The van der Waals surface area contributed by atoms with Crippen LogP contribution in [0.15, 0.2) is 22.7 Å². The molecule has 1 fully saturated rings. The Kier molecular flexibility index (Phi) is 5.53. The number of hydrogen-bond acceptors (Lipinski definition) is 1. The van der Waals surface area contributed by atoms with Gasteiger partial charge in [0.25, 0.3) is 0 Å². The van der Waals surface area contributed by atoms with Crippen LogP contribution in [0.4, 0.5) is 0 Å². The maximum absolute atomic E-state index is 6.32. The number of rotatable bonds is 4. The predicted octanol–water partition coefficient (Wildman–Crippen LogP) is 5.26. The molecule has 1 heterocycles. The molecule has 18 heavy (non-hydrogen) atoms. The highest BCUT2D eigenvalue weighted by Gasteiger charge is 2.22. The number of nitrogens with zero attached hydrogens (tertiary/aromatic N) is 1. The number of piperidine rings is 1. The van der Waals surface area contributed by atoms with Crippen LogP contribution < -0.4 is 0 Å². The second-order valence-corrected chi connectivity index (χ2v) is 6.47. The van der Waals surface area contributed by atoms with E-state index >= 15 is 0 Å². The van der Waals surface area contributed by atoms with Gasteiger partial charge in [-0.2, -0.15) is 0 Å². The normalized spacial score (nSPS) is 21.2. The van der Waals surface area contributed by atoms with E-state index in [-0.39, 0.29) is 0 Å². The molecule has 3 heteroatoms. The van der Waals surface area contributed by atoms with E-state index in [0.29, 0.717) is 0 Å². The summed E-state index contributed by atoms with van der Waals surface area (Å²) in [7, 11) is 0. The van der Waals surface area contributed by atoms with Gasteiger partial charge < -0.3 is 0 Å². The van der Waals surface area contributed by atoms with Crippen LogP contribution in [0.25, 0.3) is 0 Å². The molecule has 1 atom stereocenters. The quantitative estimate of drug-likeness (QED) is 0.728. The van der Waals surface area contributed by atoms with Gasteiger partial charge in [-0.15, -0.1) is 0 Å². The molecule has 0 aromatic heterocycles. The van der Waals surface area contributed by atoms with Crippen LogP contribution in [-0.4, -0.2) is 17.5 Å². The molecule has 0 aliphatic carbocycles. The minimum absolute atomic E-state index is 0.753. The van der Waals surface area contributed by atoms with Crippen LogP contribution in [0.5, 0.6) is 0 Å². The van der Waals surface area contributed by atoms with Crippen LogP contribution in [-0.2, 0) is 6.54 Å². The average molecular weight is 331 g/mol. The summed E-state index contributed by atoms with van der Waals surface area (Å²) >= 11 is 9.78. The maximum Gasteiger partial charge on any atom is 0.0462 e. The highest BCUT2D eigenvalue weighted by molar-refractivity contribution is 9.10. The second kappa shape index (κ2) is 6.93. The molecule has 1 aliphatic rings. The largest absolute Gasteiger partial charge is 0.296 e. The van der Waals surface area contributed by atoms with Crippen molar-refractivity contribution in [2.45, 2.75) is 51.6 Å². The molecule has 1 unspecified atom stereocenters. The molecule has 2 rings (SSSR count). The molecule has 1 aromatic carbocycles. The van der Waals surface area contributed by atoms with Crippen molar-refractivity contribution < 1.29 is 0 Å². The summed E-state index contributed by atoms with van der Waals surface area (Å²) < 4.78 is 1.06. The molecule has 1 saturated heterocycles. The van der Waals surface area contributed by atoms with Gasteiger partial charge in [-0.25, -0.2) is 0 Å². The number of likely N-dealkylation sites (tertiary alicyclic amines) is 1. The predicted molar refractivity (Wildman–Crippen MR) is 82.1 cm³/mol. The number of halogens is 2. The van der Waals surface area contributed by atoms with Crippen molar-refractivity contribution in [3.8, 4) is 0 Å². The van der Waals surface area contributed by atoms with Crippen LogP contribution in [0.3, 0.4) is 0 Å². The first-order chi connectivity index (χ1) is 8.70. The Morgan fingerprint density at radius 3 is 2.94 bits per heavy atom. The third-order valence-corrected chi connectivity index (χ3v) is 4.60. The summed E-state index contributed by atoms with van der Waals surface area (Å²) in [5, 5.41) is 0.880. The van der Waals surface area contributed by atoms with E-state index in [9.17, 15) is 0 Å². The van der Waals surface area contributed by atoms with Crippen LogP contribution >= 0.6 is 27.5 Å². The average Bonchev–Trinajstić information content (AvgIpc) is 2.35. The third-order valence-electron chi connectivity index (χ3n) is 3.76. The first-order valence-electron chi connectivity index (χ1n) is 6.88. The molecule has 0 saturated carbocycles. The Hall–Kier alpha value is -0.0500. The summed E-state index contributed by atoms with van der Waals surface area (Å²) in [6.07, 6.45) is 6.65. The highest BCUT2D eigenvalue weighted by Crippen LogP contribution is 2.27. The molecule has 1 nitrogen and oxygen atoms in total. The van der Waals surface area contributed by atoms with E-state index in [1.807, 2.05) is 6.07 Å². The van der Waals surface area contributed by atoms with E-state index in [2.05, 4.69) is 39.9 Å². The molecule has 1 aliphatic heterocycles. The monoisotopic (exact) mass is 329 g/mol. The third kappa shape index (κ3) is 3.72. The number of hydrogen-bond donors (Lipinski definition) is 0. The first kappa shape index (κ1) is 14.4. The molecular weight excluding hydrogens is 310 g/mol. The standard InChI is InChI=1S/C15H21BrClN/c1-2-5-14-6-3-4-9-18(14)11-12-7-8-13(16)10-15(12)17/h7-8,10,14H,2-6,9,11H2,1H3. The molecule has 1 aromatic rings. The van der Waals surface area contributed by atoms with Crippen molar-refractivity contribution in [1.82, 2.24) is 4.90 Å². The molecule has 0 N–H and O–H groups in total. The van der Waals surface area contributed by atoms with Crippen LogP contribution in [0.1, 0.15) is 44.6 Å². The fourth-order valence-electron chi connectivity index (χ4n) is 2.80. The van der Waals surface area contributed by atoms with Gasteiger partial charge in [0.1, 0.15) is 0 Å². The zero-order valence-electron chi connectivity index (χ0n) is 11.0. The minimum atomic E-state index is 0.753. The SMILES string of the molecule is CCCC1CCCCN1Cc1ccc(Br)cc1Cl. The lowest BCUT2D eigenvalue weighted by atomic mass is 9.97. The van der Waals surface area contributed by atoms with E-state index in [4.69, 9.17) is 11.6 Å². The van der Waals surface area contributed by atoms with E-state index in [1.54, 1.807) is 0 Å². The minimum Gasteiger partial charge on any atom is -0.296 e. The van der Waals surface area contributed by atoms with Crippen molar-refractivity contribution in [2.75, 3.05) is 6.54 Å². The summed E-state index contributed by atoms with van der Waals surface area (Å²) in [6, 6.07) is 6.98. The highest BCUT2D eigenvalue weighted by atomic mass is 79.9. The fraction of sp³-hybridized carbons (Fsp3) is 0.600. The zero-order valence-corrected chi connectivity index (χ0v) is 13.3. The van der Waals surface area contributed by atoms with Gasteiger partial charge in [-0.3, -0.25) is 4.90 Å². The smallest absolute Gasteiger partial charge is 0.0462 e. The topological polar surface area (TPSA) is 3.24 Å². The fourth-order valence-corrected chi connectivity index (χ4v) is 3.53. The molecule has 0 radical (unpaired) electrons. The van der Waals surface area contributed by atoms with Gasteiger partial charge in [-0.05, 0) is 43.5 Å². The lowest BCUT2D eigenvalue weighted by Gasteiger charge is -2.36. The summed E-state index contributed by atoms with van der Waals surface area (Å²) in [6.45, 7) is 4.49. The molecule has 0 amide bonds. The van der Waals surface area contributed by atoms with Gasteiger partial charge in [0.15, 0.2) is 0 Å². The van der Waals surface area contributed by atoms with Gasteiger partial charge in [0, 0.05) is 22.1 Å². The first-order valence-corrected chi connectivity index (χ1v) is 8.05. The van der Waals surface area contributed by atoms with Gasteiger partial charge in [-0.1, -0.05) is 53.4 Å². The molecule has 100 valence electrons. The Labute approximate surface area is 124 Å². The van der Waals surface area contributed by atoms with Crippen molar-refractivity contribution in [3.05, 3.63) is 33.3 Å². The van der Waals surface area contributed by atoms with Crippen LogP contribution in [0.2, 0.25) is 5.02 Å². The zero-order chi connectivity index (χ0) is 13.0. The van der Waals surface area contributed by atoms with E-state index in [1.165, 1.54) is 44.2 Å². The Morgan fingerprint density at radius 2 is 2.22 bits per heavy atom. The maximum atomic E-state index is 6.32. The summed E-state index contributed by atoms with van der Waals surface area (Å²) in [4.78, 5) is 2.61. The lowest BCUT2D eigenvalue weighted by Crippen LogP contribution is -2.38. The Bertz CT molecular complexity index is 392. The number of benzene rings is 1. The summed E-state index contributed by atoms with van der Waals surface area (Å²) in [5.41, 5.74) is 1.25. The van der Waals surface area contributed by atoms with Gasteiger partial charge >= 0.3 is 0 Å². The van der Waals surface area contributed by atoms with Crippen LogP contribution in [0, 0.1) is 0 Å². The molecular formula is C15H21BrClN. The van der Waals surface area contributed by atoms with E-state index < -0.39 is 0 Å². The van der Waals surface area contributed by atoms with Crippen molar-refractivity contribution in [1.29, 1.82) is 0 Å². The Balaban J connectivity index is 2.06. The lowest BCUT2D eigenvalue weighted by molar-refractivity contribution is 0.131. The van der Waals surface area contributed by atoms with Crippen molar-refractivity contribution in [2.24, 2.45) is 0 Å². The van der Waals surface area contributed by atoms with Gasteiger partial charge in [0.05, 0.1) is 0 Å².